The Balaban J connectivity index is 4.86. The molecule has 0 spiro atoms. The lowest BCUT2D eigenvalue weighted by atomic mass is 9.89. The first-order chi connectivity index (χ1) is 8.06. The van der Waals surface area contributed by atoms with Crippen LogP contribution in [0.5, 0.6) is 0 Å². The first-order valence-corrected chi connectivity index (χ1v) is 6.83. The SMILES string of the molecule is CCC(C)(C)C(=O)OC(CC(C)C)C(C)(C)OC. The molecule has 0 N–H and O–H groups in total. The van der Waals surface area contributed by atoms with E-state index in [-0.39, 0.29) is 12.1 Å². The fourth-order valence-corrected chi connectivity index (χ4v) is 1.47. The first kappa shape index (κ1) is 17.4. The molecule has 0 heterocycles. The van der Waals surface area contributed by atoms with Gasteiger partial charge in [0.1, 0.15) is 6.10 Å². The number of hydrogen-bond acceptors (Lipinski definition) is 3. The van der Waals surface area contributed by atoms with E-state index in [2.05, 4.69) is 13.8 Å². The molecule has 3 heteroatoms. The molecular formula is C15H30O3. The Morgan fingerprint density at radius 1 is 1.17 bits per heavy atom. The molecule has 0 amide bonds. The van der Waals surface area contributed by atoms with Gasteiger partial charge in [0.05, 0.1) is 11.0 Å². The van der Waals surface area contributed by atoms with Crippen molar-refractivity contribution in [1.29, 1.82) is 0 Å². The highest BCUT2D eigenvalue weighted by Gasteiger charge is 2.37. The second-order valence-electron chi connectivity index (χ2n) is 6.57. The second kappa shape index (κ2) is 6.55. The number of carbonyl (C=O) groups excluding carboxylic acids is 1. The third kappa shape index (κ3) is 4.97. The quantitative estimate of drug-likeness (QED) is 0.651. The summed E-state index contributed by atoms with van der Waals surface area (Å²) in [7, 11) is 1.66. The van der Waals surface area contributed by atoms with E-state index in [9.17, 15) is 4.79 Å². The van der Waals surface area contributed by atoms with Crippen LogP contribution in [-0.2, 0) is 14.3 Å². The lowest BCUT2D eigenvalue weighted by Gasteiger charge is -2.35. The molecule has 0 aromatic heterocycles. The third-order valence-corrected chi connectivity index (χ3v) is 3.67. The molecule has 3 nitrogen and oxygen atoms in total. The third-order valence-electron chi connectivity index (χ3n) is 3.67. The minimum Gasteiger partial charge on any atom is -0.459 e. The minimum atomic E-state index is -0.455. The number of hydrogen-bond donors (Lipinski definition) is 0. The van der Waals surface area contributed by atoms with E-state index in [1.807, 2.05) is 34.6 Å². The van der Waals surface area contributed by atoms with Crippen molar-refractivity contribution in [3.8, 4) is 0 Å². The summed E-state index contributed by atoms with van der Waals surface area (Å²) in [6.45, 7) is 14.0. The molecule has 0 aromatic carbocycles. The lowest BCUT2D eigenvalue weighted by Crippen LogP contribution is -2.44. The maximum Gasteiger partial charge on any atom is 0.311 e. The number of carbonyl (C=O) groups is 1. The van der Waals surface area contributed by atoms with E-state index in [0.717, 1.165) is 12.8 Å². The topological polar surface area (TPSA) is 35.5 Å². The Morgan fingerprint density at radius 2 is 1.67 bits per heavy atom. The van der Waals surface area contributed by atoms with E-state index in [0.29, 0.717) is 5.92 Å². The van der Waals surface area contributed by atoms with E-state index in [1.54, 1.807) is 7.11 Å². The van der Waals surface area contributed by atoms with Crippen molar-refractivity contribution in [2.45, 2.75) is 73.0 Å². The van der Waals surface area contributed by atoms with Crippen LogP contribution in [0.25, 0.3) is 0 Å². The summed E-state index contributed by atoms with van der Waals surface area (Å²) in [5.41, 5.74) is -0.886. The second-order valence-corrected chi connectivity index (χ2v) is 6.57. The van der Waals surface area contributed by atoms with Crippen molar-refractivity contribution in [1.82, 2.24) is 0 Å². The van der Waals surface area contributed by atoms with Gasteiger partial charge in [0.2, 0.25) is 0 Å². The minimum absolute atomic E-state index is 0.138. The Morgan fingerprint density at radius 3 is 2.00 bits per heavy atom. The van der Waals surface area contributed by atoms with Crippen LogP contribution < -0.4 is 0 Å². The molecule has 0 bridgehead atoms. The van der Waals surface area contributed by atoms with Gasteiger partial charge in [-0.2, -0.15) is 0 Å². The van der Waals surface area contributed by atoms with E-state index < -0.39 is 11.0 Å². The standard InChI is InChI=1S/C15H30O3/c1-9-14(4,5)13(16)18-12(10-11(2)3)15(6,7)17-8/h11-12H,9-10H2,1-8H3. The number of rotatable bonds is 7. The van der Waals surface area contributed by atoms with Crippen molar-refractivity contribution in [3.05, 3.63) is 0 Å². The van der Waals surface area contributed by atoms with Crippen molar-refractivity contribution in [2.24, 2.45) is 11.3 Å². The van der Waals surface area contributed by atoms with Gasteiger partial charge < -0.3 is 9.47 Å². The first-order valence-electron chi connectivity index (χ1n) is 6.83. The highest BCUT2D eigenvalue weighted by atomic mass is 16.6. The molecule has 18 heavy (non-hydrogen) atoms. The van der Waals surface area contributed by atoms with Crippen LogP contribution in [-0.4, -0.2) is 24.8 Å². The predicted molar refractivity (Wildman–Crippen MR) is 74.5 cm³/mol. The molecule has 1 atom stereocenters. The highest BCUT2D eigenvalue weighted by molar-refractivity contribution is 5.76. The Bertz CT molecular complexity index is 267. The van der Waals surface area contributed by atoms with Crippen molar-refractivity contribution in [2.75, 3.05) is 7.11 Å². The fraction of sp³-hybridized carbons (Fsp3) is 0.933. The van der Waals surface area contributed by atoms with Crippen molar-refractivity contribution in [3.63, 3.8) is 0 Å². The van der Waals surface area contributed by atoms with Crippen molar-refractivity contribution >= 4 is 5.97 Å². The molecule has 0 aliphatic heterocycles. The van der Waals surface area contributed by atoms with Gasteiger partial charge in [-0.1, -0.05) is 20.8 Å². The summed E-state index contributed by atoms with van der Waals surface area (Å²) in [6, 6.07) is 0. The number of esters is 1. The molecule has 0 aliphatic rings. The average molecular weight is 258 g/mol. The summed E-state index contributed by atoms with van der Waals surface area (Å²) in [5.74, 6) is 0.322. The molecule has 1 unspecified atom stereocenters. The van der Waals surface area contributed by atoms with Crippen LogP contribution in [0.3, 0.4) is 0 Å². The molecule has 0 saturated carbocycles. The monoisotopic (exact) mass is 258 g/mol. The van der Waals surface area contributed by atoms with Gasteiger partial charge in [0.15, 0.2) is 0 Å². The zero-order chi connectivity index (χ0) is 14.6. The Labute approximate surface area is 112 Å². The maximum absolute atomic E-state index is 12.2. The molecule has 0 aliphatic carbocycles. The molecule has 0 fully saturated rings. The van der Waals surface area contributed by atoms with Crippen LogP contribution >= 0.6 is 0 Å². The normalized spacial score (nSPS) is 14.7. The molecule has 0 rings (SSSR count). The van der Waals surface area contributed by atoms with Gasteiger partial charge in [0.25, 0.3) is 0 Å². The molecule has 0 saturated heterocycles. The van der Waals surface area contributed by atoms with Gasteiger partial charge in [-0.3, -0.25) is 4.79 Å². The predicted octanol–water partition coefficient (Wildman–Crippen LogP) is 3.81. The Kier molecular flexibility index (Phi) is 6.35. The summed E-state index contributed by atoms with van der Waals surface area (Å²) in [5, 5.41) is 0. The average Bonchev–Trinajstić information content (AvgIpc) is 2.27. The molecule has 0 aromatic rings. The van der Waals surface area contributed by atoms with Crippen LogP contribution in [0, 0.1) is 11.3 Å². The number of methoxy groups -OCH3 is 1. The van der Waals surface area contributed by atoms with Gasteiger partial charge in [-0.05, 0) is 46.5 Å². The molecule has 0 radical (unpaired) electrons. The summed E-state index contributed by atoms with van der Waals surface area (Å²) >= 11 is 0. The summed E-state index contributed by atoms with van der Waals surface area (Å²) in [6.07, 6.45) is 1.38. The van der Waals surface area contributed by atoms with Crippen molar-refractivity contribution < 1.29 is 14.3 Å². The highest BCUT2D eigenvalue weighted by Crippen LogP contribution is 2.28. The summed E-state index contributed by atoms with van der Waals surface area (Å²) < 4.78 is 11.2. The van der Waals surface area contributed by atoms with Crippen LogP contribution in [0.1, 0.15) is 61.3 Å². The van der Waals surface area contributed by atoms with Crippen LogP contribution in [0.2, 0.25) is 0 Å². The molecule has 108 valence electrons. The largest absolute Gasteiger partial charge is 0.459 e. The fourth-order valence-electron chi connectivity index (χ4n) is 1.47. The van der Waals surface area contributed by atoms with Crippen LogP contribution in [0.15, 0.2) is 0 Å². The summed E-state index contributed by atoms with van der Waals surface area (Å²) in [4.78, 5) is 12.2. The van der Waals surface area contributed by atoms with E-state index in [1.165, 1.54) is 0 Å². The maximum atomic E-state index is 12.2. The van der Waals surface area contributed by atoms with Gasteiger partial charge in [0, 0.05) is 7.11 Å². The van der Waals surface area contributed by atoms with Gasteiger partial charge in [-0.15, -0.1) is 0 Å². The molecular weight excluding hydrogens is 228 g/mol. The zero-order valence-corrected chi connectivity index (χ0v) is 13.3. The van der Waals surface area contributed by atoms with Crippen LogP contribution in [0.4, 0.5) is 0 Å². The lowest BCUT2D eigenvalue weighted by molar-refractivity contribution is -0.177. The zero-order valence-electron chi connectivity index (χ0n) is 13.3. The van der Waals surface area contributed by atoms with Gasteiger partial charge in [-0.25, -0.2) is 0 Å². The van der Waals surface area contributed by atoms with Gasteiger partial charge >= 0.3 is 5.97 Å². The number of ether oxygens (including phenoxy) is 2. The smallest absolute Gasteiger partial charge is 0.311 e. The Hall–Kier alpha value is -0.570. The van der Waals surface area contributed by atoms with E-state index in [4.69, 9.17) is 9.47 Å². The van der Waals surface area contributed by atoms with E-state index >= 15 is 0 Å².